The summed E-state index contributed by atoms with van der Waals surface area (Å²) in [6, 6.07) is 15.1. The number of rotatable bonds is 3. The summed E-state index contributed by atoms with van der Waals surface area (Å²) in [6.07, 6.45) is 1.13. The molecule has 2 atom stereocenters. The number of hydrogen-bond acceptors (Lipinski definition) is 2. The molecule has 2 nitrogen and oxygen atoms in total. The van der Waals surface area contributed by atoms with Gasteiger partial charge in [-0.05, 0) is 49.2 Å². The van der Waals surface area contributed by atoms with E-state index in [1.807, 2.05) is 13.1 Å². The van der Waals surface area contributed by atoms with E-state index in [0.717, 1.165) is 12.2 Å². The molecule has 0 amide bonds. The van der Waals surface area contributed by atoms with Crippen LogP contribution in [0.3, 0.4) is 0 Å². The molecular formula is C18H21NO. The Hall–Kier alpha value is -1.80. The minimum Gasteiger partial charge on any atom is -0.488 e. The van der Waals surface area contributed by atoms with Crippen LogP contribution in [-0.2, 0) is 6.42 Å². The first kappa shape index (κ1) is 13.2. The van der Waals surface area contributed by atoms with Crippen LogP contribution in [0.5, 0.6) is 5.75 Å². The quantitative estimate of drug-likeness (QED) is 0.918. The van der Waals surface area contributed by atoms with Gasteiger partial charge in [-0.15, -0.1) is 0 Å². The lowest BCUT2D eigenvalue weighted by Crippen LogP contribution is -2.33. The summed E-state index contributed by atoms with van der Waals surface area (Å²) < 4.78 is 6.15. The van der Waals surface area contributed by atoms with E-state index in [9.17, 15) is 0 Å². The molecule has 2 unspecified atom stereocenters. The number of hydrogen-bond donors (Lipinski definition) is 1. The molecule has 0 aliphatic carbocycles. The Balaban J connectivity index is 1.91. The van der Waals surface area contributed by atoms with Gasteiger partial charge in [0.25, 0.3) is 0 Å². The van der Waals surface area contributed by atoms with Gasteiger partial charge in [-0.2, -0.15) is 0 Å². The van der Waals surface area contributed by atoms with Gasteiger partial charge in [-0.1, -0.05) is 36.4 Å². The van der Waals surface area contributed by atoms with E-state index >= 15 is 0 Å². The van der Waals surface area contributed by atoms with Crippen LogP contribution in [-0.4, -0.2) is 13.2 Å². The van der Waals surface area contributed by atoms with Crippen molar-refractivity contribution < 1.29 is 4.74 Å². The average Bonchev–Trinajstić information content (AvgIpc) is 2.87. The Kier molecular flexibility index (Phi) is 3.49. The molecular weight excluding hydrogens is 246 g/mol. The summed E-state index contributed by atoms with van der Waals surface area (Å²) in [5.74, 6) is 1.03. The molecule has 0 aromatic heterocycles. The lowest BCUT2D eigenvalue weighted by molar-refractivity contribution is 0.183. The highest BCUT2D eigenvalue weighted by Crippen LogP contribution is 2.35. The van der Waals surface area contributed by atoms with Crippen LogP contribution >= 0.6 is 0 Å². The van der Waals surface area contributed by atoms with E-state index in [1.165, 1.54) is 22.3 Å². The molecule has 1 aliphatic heterocycles. The summed E-state index contributed by atoms with van der Waals surface area (Å²) in [5.41, 5.74) is 5.33. The standard InChI is InChI=1S/C18H21NO/c1-12-7-6-9-15(13(12)2)18(19-3)17-11-14-8-4-5-10-16(14)20-17/h4-10,17-19H,11H2,1-3H3. The van der Waals surface area contributed by atoms with Crippen LogP contribution in [0.25, 0.3) is 0 Å². The Morgan fingerprint density at radius 2 is 1.90 bits per heavy atom. The number of ether oxygens (including phenoxy) is 1. The van der Waals surface area contributed by atoms with E-state index in [0.29, 0.717) is 0 Å². The van der Waals surface area contributed by atoms with Crippen LogP contribution in [0.2, 0.25) is 0 Å². The fraction of sp³-hybridized carbons (Fsp3) is 0.333. The van der Waals surface area contributed by atoms with Crippen molar-refractivity contribution in [3.8, 4) is 5.75 Å². The van der Waals surface area contributed by atoms with Crippen LogP contribution in [0.4, 0.5) is 0 Å². The Labute approximate surface area is 120 Å². The van der Waals surface area contributed by atoms with Crippen molar-refractivity contribution in [2.75, 3.05) is 7.05 Å². The van der Waals surface area contributed by atoms with Gasteiger partial charge in [0, 0.05) is 6.42 Å². The van der Waals surface area contributed by atoms with E-state index < -0.39 is 0 Å². The first-order valence-corrected chi connectivity index (χ1v) is 7.18. The van der Waals surface area contributed by atoms with Crippen molar-refractivity contribution in [2.24, 2.45) is 0 Å². The van der Waals surface area contributed by atoms with Crippen molar-refractivity contribution >= 4 is 0 Å². The van der Waals surface area contributed by atoms with Crippen molar-refractivity contribution in [3.63, 3.8) is 0 Å². The Morgan fingerprint density at radius 1 is 1.10 bits per heavy atom. The van der Waals surface area contributed by atoms with Gasteiger partial charge in [-0.3, -0.25) is 0 Å². The van der Waals surface area contributed by atoms with Gasteiger partial charge < -0.3 is 10.1 Å². The highest BCUT2D eigenvalue weighted by atomic mass is 16.5. The fourth-order valence-corrected chi connectivity index (χ4v) is 3.05. The molecule has 0 saturated heterocycles. The van der Waals surface area contributed by atoms with E-state index in [2.05, 4.69) is 55.6 Å². The lowest BCUT2D eigenvalue weighted by atomic mass is 9.92. The number of fused-ring (bicyclic) bond motifs is 1. The zero-order chi connectivity index (χ0) is 14.1. The van der Waals surface area contributed by atoms with Crippen molar-refractivity contribution in [1.29, 1.82) is 0 Å². The SMILES string of the molecule is CNC(c1cccc(C)c1C)C1Cc2ccccc2O1. The zero-order valence-corrected chi connectivity index (χ0v) is 12.3. The molecule has 3 rings (SSSR count). The maximum absolute atomic E-state index is 6.15. The summed E-state index contributed by atoms with van der Waals surface area (Å²) in [4.78, 5) is 0. The number of benzene rings is 2. The minimum atomic E-state index is 0.165. The predicted octanol–water partition coefficient (Wildman–Crippen LogP) is 3.57. The summed E-state index contributed by atoms with van der Waals surface area (Å²) in [5, 5.41) is 3.44. The number of nitrogens with one attached hydrogen (secondary N) is 1. The first-order chi connectivity index (χ1) is 9.70. The Morgan fingerprint density at radius 3 is 2.65 bits per heavy atom. The van der Waals surface area contributed by atoms with Gasteiger partial charge in [0.1, 0.15) is 11.9 Å². The van der Waals surface area contributed by atoms with Gasteiger partial charge in [0.05, 0.1) is 6.04 Å². The molecule has 104 valence electrons. The minimum absolute atomic E-state index is 0.165. The van der Waals surface area contributed by atoms with Gasteiger partial charge in [0.15, 0.2) is 0 Å². The second-order valence-corrected chi connectivity index (χ2v) is 5.52. The second-order valence-electron chi connectivity index (χ2n) is 5.52. The van der Waals surface area contributed by atoms with Crippen LogP contribution < -0.4 is 10.1 Å². The lowest BCUT2D eigenvalue weighted by Gasteiger charge is -2.25. The predicted molar refractivity (Wildman–Crippen MR) is 82.3 cm³/mol. The largest absolute Gasteiger partial charge is 0.488 e. The molecule has 0 fully saturated rings. The van der Waals surface area contributed by atoms with Gasteiger partial charge >= 0.3 is 0 Å². The summed E-state index contributed by atoms with van der Waals surface area (Å²) in [7, 11) is 2.01. The molecule has 2 aromatic carbocycles. The first-order valence-electron chi connectivity index (χ1n) is 7.18. The van der Waals surface area contributed by atoms with Crippen LogP contribution in [0, 0.1) is 13.8 Å². The smallest absolute Gasteiger partial charge is 0.123 e. The second kappa shape index (κ2) is 5.29. The third kappa shape index (κ3) is 2.20. The molecule has 0 radical (unpaired) electrons. The van der Waals surface area contributed by atoms with Crippen LogP contribution in [0.15, 0.2) is 42.5 Å². The molecule has 0 spiro atoms. The molecule has 2 aromatic rings. The molecule has 2 heteroatoms. The highest BCUT2D eigenvalue weighted by Gasteiger charge is 2.31. The topological polar surface area (TPSA) is 21.3 Å². The van der Waals surface area contributed by atoms with Crippen molar-refractivity contribution in [2.45, 2.75) is 32.4 Å². The average molecular weight is 267 g/mol. The third-order valence-electron chi connectivity index (χ3n) is 4.34. The summed E-state index contributed by atoms with van der Waals surface area (Å²) >= 11 is 0. The molecule has 1 heterocycles. The number of para-hydroxylation sites is 1. The highest BCUT2D eigenvalue weighted by molar-refractivity contribution is 5.41. The van der Waals surface area contributed by atoms with Gasteiger partial charge in [0.2, 0.25) is 0 Å². The number of aryl methyl sites for hydroxylation is 1. The van der Waals surface area contributed by atoms with Crippen molar-refractivity contribution in [3.05, 3.63) is 64.7 Å². The van der Waals surface area contributed by atoms with Crippen molar-refractivity contribution in [1.82, 2.24) is 5.32 Å². The fourth-order valence-electron chi connectivity index (χ4n) is 3.05. The molecule has 1 aliphatic rings. The maximum atomic E-state index is 6.15. The number of likely N-dealkylation sites (N-methyl/N-ethyl adjacent to an activating group) is 1. The Bertz CT molecular complexity index is 596. The van der Waals surface area contributed by atoms with E-state index in [4.69, 9.17) is 4.74 Å². The third-order valence-corrected chi connectivity index (χ3v) is 4.34. The maximum Gasteiger partial charge on any atom is 0.123 e. The van der Waals surface area contributed by atoms with E-state index in [-0.39, 0.29) is 12.1 Å². The molecule has 1 N–H and O–H groups in total. The molecule has 0 saturated carbocycles. The normalized spacial score (nSPS) is 18.4. The monoisotopic (exact) mass is 267 g/mol. The van der Waals surface area contributed by atoms with Crippen LogP contribution in [0.1, 0.15) is 28.3 Å². The zero-order valence-electron chi connectivity index (χ0n) is 12.3. The molecule has 0 bridgehead atoms. The molecule has 20 heavy (non-hydrogen) atoms. The summed E-state index contributed by atoms with van der Waals surface area (Å²) in [6.45, 7) is 4.35. The van der Waals surface area contributed by atoms with Gasteiger partial charge in [-0.25, -0.2) is 0 Å². The van der Waals surface area contributed by atoms with E-state index in [1.54, 1.807) is 0 Å².